The van der Waals surface area contributed by atoms with Crippen molar-refractivity contribution in [2.24, 2.45) is 0 Å². The zero-order chi connectivity index (χ0) is 17.4. The number of fused-ring (bicyclic) bond motifs is 1. The molecule has 2 heterocycles. The van der Waals surface area contributed by atoms with Gasteiger partial charge in [0, 0.05) is 26.2 Å². The van der Waals surface area contributed by atoms with Gasteiger partial charge in [-0.05, 0) is 36.8 Å². The van der Waals surface area contributed by atoms with Crippen LogP contribution in [0, 0.1) is 5.82 Å². The number of para-hydroxylation sites is 1. The molecule has 0 radical (unpaired) electrons. The van der Waals surface area contributed by atoms with Crippen molar-refractivity contribution in [1.82, 2.24) is 14.9 Å². The van der Waals surface area contributed by atoms with E-state index in [1.165, 1.54) is 12.1 Å². The van der Waals surface area contributed by atoms with Gasteiger partial charge in [0.15, 0.2) is 0 Å². The van der Waals surface area contributed by atoms with Gasteiger partial charge < -0.3 is 15.2 Å². The van der Waals surface area contributed by atoms with Crippen LogP contribution >= 0.6 is 0 Å². The van der Waals surface area contributed by atoms with Crippen molar-refractivity contribution in [1.29, 1.82) is 0 Å². The Labute approximate surface area is 145 Å². The first-order valence-corrected chi connectivity index (χ1v) is 8.59. The number of hydrogen-bond donors (Lipinski definition) is 2. The lowest BCUT2D eigenvalue weighted by molar-refractivity contribution is 0.590. The normalized spacial score (nSPS) is 16.3. The molecule has 1 aliphatic heterocycles. The van der Waals surface area contributed by atoms with Crippen molar-refractivity contribution in [3.05, 3.63) is 64.3 Å². The van der Waals surface area contributed by atoms with Gasteiger partial charge in [0.2, 0.25) is 0 Å². The molecule has 130 valence electrons. The van der Waals surface area contributed by atoms with Gasteiger partial charge in [0.25, 0.3) is 0 Å². The van der Waals surface area contributed by atoms with Crippen LogP contribution in [0.4, 0.5) is 10.1 Å². The Morgan fingerprint density at radius 2 is 1.88 bits per heavy atom. The van der Waals surface area contributed by atoms with E-state index >= 15 is 0 Å². The van der Waals surface area contributed by atoms with Crippen LogP contribution in [0.2, 0.25) is 0 Å². The van der Waals surface area contributed by atoms with Gasteiger partial charge in [0.05, 0.1) is 22.8 Å². The van der Waals surface area contributed by atoms with Crippen LogP contribution in [0.15, 0.2) is 47.3 Å². The third-order valence-corrected chi connectivity index (χ3v) is 4.91. The first-order valence-electron chi connectivity index (χ1n) is 8.59. The van der Waals surface area contributed by atoms with Crippen LogP contribution in [0.25, 0.3) is 11.0 Å². The molecule has 0 saturated carbocycles. The molecule has 0 amide bonds. The molecule has 0 spiro atoms. The number of H-pyrrole nitrogens is 1. The Kier molecular flexibility index (Phi) is 4.05. The molecule has 1 saturated heterocycles. The van der Waals surface area contributed by atoms with E-state index < -0.39 is 0 Å². The maximum Gasteiger partial charge on any atom is 0.327 e. The number of hydrogen-bond acceptors (Lipinski definition) is 3. The van der Waals surface area contributed by atoms with Crippen LogP contribution in [-0.4, -0.2) is 35.7 Å². The number of rotatable bonds is 3. The second-order valence-corrected chi connectivity index (χ2v) is 6.44. The number of halogens is 1. The minimum atomic E-state index is -0.293. The van der Waals surface area contributed by atoms with Crippen LogP contribution in [0.3, 0.4) is 0 Å². The van der Waals surface area contributed by atoms with E-state index in [4.69, 9.17) is 0 Å². The lowest BCUT2D eigenvalue weighted by Crippen LogP contribution is -2.43. The second kappa shape index (κ2) is 6.37. The van der Waals surface area contributed by atoms with Gasteiger partial charge in [-0.25, -0.2) is 9.18 Å². The van der Waals surface area contributed by atoms with E-state index in [0.717, 1.165) is 48.5 Å². The van der Waals surface area contributed by atoms with E-state index in [-0.39, 0.29) is 17.5 Å². The quantitative estimate of drug-likeness (QED) is 0.770. The van der Waals surface area contributed by atoms with Crippen molar-refractivity contribution < 1.29 is 4.39 Å². The summed E-state index contributed by atoms with van der Waals surface area (Å²) in [4.78, 5) is 17.9. The van der Waals surface area contributed by atoms with Crippen molar-refractivity contribution >= 4 is 16.7 Å². The first kappa shape index (κ1) is 15.9. The van der Waals surface area contributed by atoms with E-state index in [1.54, 1.807) is 10.6 Å². The molecule has 4 rings (SSSR count). The predicted molar refractivity (Wildman–Crippen MR) is 97.9 cm³/mol. The summed E-state index contributed by atoms with van der Waals surface area (Å²) in [5.41, 5.74) is 3.33. The lowest BCUT2D eigenvalue weighted by Gasteiger charge is -2.29. The van der Waals surface area contributed by atoms with Crippen molar-refractivity contribution in [2.75, 3.05) is 31.1 Å². The number of aromatic amines is 1. The highest BCUT2D eigenvalue weighted by Crippen LogP contribution is 2.28. The molecule has 1 atom stereocenters. The minimum Gasteiger partial charge on any atom is -0.367 e. The standard InChI is InChI=1S/C19H21FN4O/c1-13(14-4-2-5-15(20)12-14)24-17-7-3-6-16(18(17)22-19(24)25)23-10-8-21-9-11-23/h2-7,12-13,21H,8-11H2,1H3,(H,22,25)/t13-/m1/s1. The molecule has 0 aliphatic carbocycles. The third-order valence-electron chi connectivity index (χ3n) is 4.91. The molecule has 1 fully saturated rings. The summed E-state index contributed by atoms with van der Waals surface area (Å²) >= 11 is 0. The largest absolute Gasteiger partial charge is 0.367 e. The Bertz CT molecular complexity index is 955. The van der Waals surface area contributed by atoms with Gasteiger partial charge in [-0.3, -0.25) is 4.57 Å². The highest BCUT2D eigenvalue weighted by Gasteiger charge is 2.20. The molecular weight excluding hydrogens is 319 g/mol. The topological polar surface area (TPSA) is 53.1 Å². The molecule has 2 N–H and O–H groups in total. The Balaban J connectivity index is 1.82. The van der Waals surface area contributed by atoms with Crippen molar-refractivity contribution in [3.63, 3.8) is 0 Å². The van der Waals surface area contributed by atoms with Gasteiger partial charge >= 0.3 is 5.69 Å². The third kappa shape index (κ3) is 2.82. The molecular formula is C19H21FN4O. The molecule has 6 heteroatoms. The van der Waals surface area contributed by atoms with E-state index in [9.17, 15) is 9.18 Å². The average Bonchev–Trinajstić information content (AvgIpc) is 2.97. The van der Waals surface area contributed by atoms with Gasteiger partial charge in [-0.2, -0.15) is 0 Å². The number of piperazine rings is 1. The molecule has 25 heavy (non-hydrogen) atoms. The number of benzene rings is 2. The minimum absolute atomic E-state index is 0.172. The lowest BCUT2D eigenvalue weighted by atomic mass is 10.1. The highest BCUT2D eigenvalue weighted by atomic mass is 19.1. The smallest absolute Gasteiger partial charge is 0.327 e. The molecule has 3 aromatic rings. The number of aromatic nitrogens is 2. The SMILES string of the molecule is C[C@H](c1cccc(F)c1)n1c(=O)[nH]c2c(N3CCNCC3)cccc21. The molecule has 0 bridgehead atoms. The molecule has 1 aromatic heterocycles. The summed E-state index contributed by atoms with van der Waals surface area (Å²) in [7, 11) is 0. The van der Waals surface area contributed by atoms with Gasteiger partial charge in [0.1, 0.15) is 5.82 Å². The van der Waals surface area contributed by atoms with E-state index in [2.05, 4.69) is 15.2 Å². The monoisotopic (exact) mass is 340 g/mol. The maximum atomic E-state index is 13.6. The summed E-state index contributed by atoms with van der Waals surface area (Å²) in [5.74, 6) is -0.293. The van der Waals surface area contributed by atoms with Crippen LogP contribution < -0.4 is 15.9 Å². The zero-order valence-electron chi connectivity index (χ0n) is 14.1. The summed E-state index contributed by atoms with van der Waals surface area (Å²) in [6.07, 6.45) is 0. The summed E-state index contributed by atoms with van der Waals surface area (Å²) < 4.78 is 15.3. The fourth-order valence-corrected chi connectivity index (χ4v) is 3.60. The molecule has 2 aromatic carbocycles. The summed E-state index contributed by atoms with van der Waals surface area (Å²) in [5, 5.41) is 3.34. The highest BCUT2D eigenvalue weighted by molar-refractivity contribution is 5.89. The molecule has 1 aliphatic rings. The van der Waals surface area contributed by atoms with Crippen LogP contribution in [-0.2, 0) is 0 Å². The van der Waals surface area contributed by atoms with Gasteiger partial charge in [-0.15, -0.1) is 0 Å². The average molecular weight is 340 g/mol. The fourth-order valence-electron chi connectivity index (χ4n) is 3.60. The number of nitrogens with one attached hydrogen (secondary N) is 2. The summed E-state index contributed by atoms with van der Waals surface area (Å²) in [6.45, 7) is 5.60. The van der Waals surface area contributed by atoms with Crippen molar-refractivity contribution in [3.8, 4) is 0 Å². The summed E-state index contributed by atoms with van der Waals surface area (Å²) in [6, 6.07) is 12.1. The first-order chi connectivity index (χ1) is 12.1. The maximum absolute atomic E-state index is 13.6. The Morgan fingerprint density at radius 1 is 1.12 bits per heavy atom. The van der Waals surface area contributed by atoms with Gasteiger partial charge in [-0.1, -0.05) is 18.2 Å². The van der Waals surface area contributed by atoms with Crippen LogP contribution in [0.1, 0.15) is 18.5 Å². The number of nitrogens with zero attached hydrogens (tertiary/aromatic N) is 2. The van der Waals surface area contributed by atoms with Crippen molar-refractivity contribution in [2.45, 2.75) is 13.0 Å². The molecule has 5 nitrogen and oxygen atoms in total. The van der Waals surface area contributed by atoms with Crippen LogP contribution in [0.5, 0.6) is 0 Å². The molecule has 0 unspecified atom stereocenters. The Morgan fingerprint density at radius 3 is 2.64 bits per heavy atom. The van der Waals surface area contributed by atoms with E-state index in [1.807, 2.05) is 31.2 Å². The second-order valence-electron chi connectivity index (χ2n) is 6.44. The zero-order valence-corrected chi connectivity index (χ0v) is 14.1. The predicted octanol–water partition coefficient (Wildman–Crippen LogP) is 2.49. The number of anilines is 1. The Hall–Kier alpha value is -2.60. The number of imidazole rings is 1. The van der Waals surface area contributed by atoms with E-state index in [0.29, 0.717) is 0 Å². The fraction of sp³-hybridized carbons (Fsp3) is 0.316.